The van der Waals surface area contributed by atoms with Gasteiger partial charge < -0.3 is 14.9 Å². The van der Waals surface area contributed by atoms with Gasteiger partial charge in [-0.3, -0.25) is 24.0 Å². The molecule has 0 aliphatic heterocycles. The standard InChI is InChI=1S/C33H42O8/c1-9-10-11-15-22(36)41-30-31(7)18(5)20-13-12-14-21(35)24(20)27(37)26(31)29(39)33(40)28(38)23(19(6)34)17(4)25(16(2)3)32(30,33)8/h12-14,16,18,23,26,30,35,40H,9-11,15H2,1-8H3/t18-,23?,26?,30-,31+,32+,33+/m0/s1. The maximum atomic E-state index is 14.7. The van der Waals surface area contributed by atoms with Crippen LogP contribution in [0, 0.1) is 28.6 Å². The minimum Gasteiger partial charge on any atom is -0.507 e. The summed E-state index contributed by atoms with van der Waals surface area (Å²) in [6.45, 7) is 13.7. The third-order valence-corrected chi connectivity index (χ3v) is 10.3. The Bertz CT molecular complexity index is 1370. The fourth-order valence-electron chi connectivity index (χ4n) is 8.44. The Labute approximate surface area is 241 Å². The van der Waals surface area contributed by atoms with Crippen molar-refractivity contribution in [3.8, 4) is 5.75 Å². The zero-order valence-electron chi connectivity index (χ0n) is 25.3. The predicted octanol–water partition coefficient (Wildman–Crippen LogP) is 4.89. The van der Waals surface area contributed by atoms with Gasteiger partial charge in [0, 0.05) is 11.8 Å². The van der Waals surface area contributed by atoms with E-state index >= 15 is 0 Å². The van der Waals surface area contributed by atoms with Gasteiger partial charge in [-0.1, -0.05) is 70.7 Å². The summed E-state index contributed by atoms with van der Waals surface area (Å²) in [5.41, 5.74) is -4.59. The molecule has 222 valence electrons. The van der Waals surface area contributed by atoms with E-state index in [-0.39, 0.29) is 23.7 Å². The van der Waals surface area contributed by atoms with Gasteiger partial charge in [-0.15, -0.1) is 0 Å². The number of fused-ring (bicyclic) bond motifs is 3. The van der Waals surface area contributed by atoms with E-state index in [4.69, 9.17) is 4.74 Å². The van der Waals surface area contributed by atoms with Crippen LogP contribution < -0.4 is 0 Å². The van der Waals surface area contributed by atoms with Crippen molar-refractivity contribution in [2.24, 2.45) is 28.6 Å². The zero-order valence-corrected chi connectivity index (χ0v) is 25.3. The average Bonchev–Trinajstić information content (AvgIpc) is 2.88. The summed E-state index contributed by atoms with van der Waals surface area (Å²) in [5.74, 6) is -8.07. The first-order valence-corrected chi connectivity index (χ1v) is 14.6. The highest BCUT2D eigenvalue weighted by Gasteiger charge is 2.79. The molecule has 1 aromatic carbocycles. The molecule has 3 aliphatic carbocycles. The highest BCUT2D eigenvalue weighted by Crippen LogP contribution is 2.67. The number of rotatable bonds is 7. The summed E-state index contributed by atoms with van der Waals surface area (Å²) < 4.78 is 6.30. The van der Waals surface area contributed by atoms with Crippen LogP contribution in [0.15, 0.2) is 29.3 Å². The fraction of sp³-hybridized carbons (Fsp3) is 0.606. The second-order valence-electron chi connectivity index (χ2n) is 12.9. The molecule has 0 aromatic heterocycles. The molecule has 2 N–H and O–H groups in total. The monoisotopic (exact) mass is 566 g/mol. The summed E-state index contributed by atoms with van der Waals surface area (Å²) in [6.07, 6.45) is 1.07. The van der Waals surface area contributed by atoms with Crippen molar-refractivity contribution in [3.63, 3.8) is 0 Å². The molecular weight excluding hydrogens is 524 g/mol. The molecule has 0 amide bonds. The Balaban J connectivity index is 2.10. The second kappa shape index (κ2) is 10.3. The number of hydrogen-bond donors (Lipinski definition) is 2. The first-order valence-electron chi connectivity index (χ1n) is 14.6. The maximum absolute atomic E-state index is 14.7. The van der Waals surface area contributed by atoms with Crippen molar-refractivity contribution in [2.45, 2.75) is 98.7 Å². The van der Waals surface area contributed by atoms with E-state index in [9.17, 15) is 34.2 Å². The Kier molecular flexibility index (Phi) is 7.74. The van der Waals surface area contributed by atoms with Crippen LogP contribution >= 0.6 is 0 Å². The normalized spacial score (nSPS) is 34.7. The van der Waals surface area contributed by atoms with Crippen LogP contribution in [0.2, 0.25) is 0 Å². The quantitative estimate of drug-likeness (QED) is 0.206. The van der Waals surface area contributed by atoms with Gasteiger partial charge in [0.1, 0.15) is 23.6 Å². The van der Waals surface area contributed by atoms with Gasteiger partial charge in [0.2, 0.25) is 0 Å². The number of aromatic hydroxyl groups is 1. The number of ketones is 4. The number of benzene rings is 1. The van der Waals surface area contributed by atoms with Crippen molar-refractivity contribution in [2.75, 3.05) is 0 Å². The molecule has 2 unspecified atom stereocenters. The highest BCUT2D eigenvalue weighted by molar-refractivity contribution is 6.27. The minimum absolute atomic E-state index is 0.0433. The van der Waals surface area contributed by atoms with Crippen molar-refractivity contribution in [3.05, 3.63) is 40.5 Å². The average molecular weight is 567 g/mol. The SMILES string of the molecule is CCCCCC(=O)O[C@H]1[C@@]2(C)C(C(=O)c3c(O)cccc3[C@@H]2C)C(=O)[C@]2(O)C(=O)C(C(C)=O)C(C)=C(C(C)C)[C@]12C. The molecule has 3 aliphatic rings. The molecule has 0 radical (unpaired) electrons. The van der Waals surface area contributed by atoms with Gasteiger partial charge in [0.15, 0.2) is 23.0 Å². The third-order valence-electron chi connectivity index (χ3n) is 10.3. The molecule has 7 atom stereocenters. The topological polar surface area (TPSA) is 135 Å². The van der Waals surface area contributed by atoms with E-state index in [2.05, 4.69) is 0 Å². The molecule has 1 aromatic rings. The number of unbranched alkanes of at least 4 members (excludes halogenated alkanes) is 2. The van der Waals surface area contributed by atoms with E-state index in [1.165, 1.54) is 13.0 Å². The number of ether oxygens (including phenoxy) is 1. The van der Waals surface area contributed by atoms with Crippen molar-refractivity contribution in [1.82, 2.24) is 0 Å². The molecule has 4 rings (SSSR count). The van der Waals surface area contributed by atoms with Gasteiger partial charge >= 0.3 is 5.97 Å². The third kappa shape index (κ3) is 3.93. The lowest BCUT2D eigenvalue weighted by Gasteiger charge is -2.65. The van der Waals surface area contributed by atoms with E-state index < -0.39 is 69.4 Å². The van der Waals surface area contributed by atoms with Crippen LogP contribution in [0.4, 0.5) is 0 Å². The molecule has 0 saturated heterocycles. The minimum atomic E-state index is -2.82. The lowest BCUT2D eigenvalue weighted by atomic mass is 9.38. The van der Waals surface area contributed by atoms with Crippen LogP contribution in [0.5, 0.6) is 5.75 Å². The zero-order chi connectivity index (χ0) is 30.8. The number of carbonyl (C=O) groups excluding carboxylic acids is 5. The van der Waals surface area contributed by atoms with Gasteiger partial charge in [-0.05, 0) is 50.7 Å². The summed E-state index contributed by atoms with van der Waals surface area (Å²) in [5, 5.41) is 23.2. The van der Waals surface area contributed by atoms with Gasteiger partial charge in [0.05, 0.1) is 16.9 Å². The van der Waals surface area contributed by atoms with Crippen LogP contribution in [0.25, 0.3) is 0 Å². The van der Waals surface area contributed by atoms with Crippen LogP contribution in [-0.2, 0) is 23.9 Å². The lowest BCUT2D eigenvalue weighted by molar-refractivity contribution is -0.224. The Hall–Kier alpha value is -3.13. The summed E-state index contributed by atoms with van der Waals surface area (Å²) >= 11 is 0. The summed E-state index contributed by atoms with van der Waals surface area (Å²) in [7, 11) is 0. The molecule has 1 saturated carbocycles. The van der Waals surface area contributed by atoms with Crippen molar-refractivity contribution >= 4 is 29.1 Å². The lowest BCUT2D eigenvalue weighted by Crippen LogP contribution is -2.79. The maximum Gasteiger partial charge on any atom is 0.306 e. The van der Waals surface area contributed by atoms with Gasteiger partial charge in [0.25, 0.3) is 0 Å². The van der Waals surface area contributed by atoms with Gasteiger partial charge in [-0.2, -0.15) is 0 Å². The Morgan fingerprint density at radius 2 is 1.71 bits per heavy atom. The molecule has 8 nitrogen and oxygen atoms in total. The van der Waals surface area contributed by atoms with Gasteiger partial charge in [-0.25, -0.2) is 0 Å². The highest BCUT2D eigenvalue weighted by atomic mass is 16.5. The van der Waals surface area contributed by atoms with Crippen molar-refractivity contribution < 1.29 is 38.9 Å². The van der Waals surface area contributed by atoms with E-state index in [1.54, 1.807) is 32.9 Å². The summed E-state index contributed by atoms with van der Waals surface area (Å²) in [6, 6.07) is 4.67. The van der Waals surface area contributed by atoms with Crippen LogP contribution in [0.3, 0.4) is 0 Å². The predicted molar refractivity (Wildman–Crippen MR) is 151 cm³/mol. The fourth-order valence-corrected chi connectivity index (χ4v) is 8.44. The van der Waals surface area contributed by atoms with Crippen LogP contribution in [-0.4, -0.2) is 51.0 Å². The molecule has 0 spiro atoms. The van der Waals surface area contributed by atoms with E-state index in [1.807, 2.05) is 27.7 Å². The molecule has 8 heteroatoms. The second-order valence-corrected chi connectivity index (χ2v) is 12.9. The molecular formula is C33H42O8. The Morgan fingerprint density at radius 3 is 2.27 bits per heavy atom. The number of allylic oxidation sites excluding steroid dienone is 1. The number of Topliss-reactive ketones (excluding diaryl/α,β-unsaturated/α-hetero) is 4. The number of carbonyl (C=O) groups is 5. The smallest absolute Gasteiger partial charge is 0.306 e. The number of aliphatic hydroxyl groups is 1. The Morgan fingerprint density at radius 1 is 1.07 bits per heavy atom. The molecule has 0 heterocycles. The first-order chi connectivity index (χ1) is 19.0. The summed E-state index contributed by atoms with van der Waals surface area (Å²) in [4.78, 5) is 69.3. The number of phenols is 1. The molecule has 1 fully saturated rings. The largest absolute Gasteiger partial charge is 0.507 e. The number of hydrogen-bond acceptors (Lipinski definition) is 8. The van der Waals surface area contributed by atoms with Crippen molar-refractivity contribution in [1.29, 1.82) is 0 Å². The number of esters is 1. The van der Waals surface area contributed by atoms with E-state index in [0.717, 1.165) is 12.8 Å². The van der Waals surface area contributed by atoms with Crippen LogP contribution in [0.1, 0.15) is 103 Å². The molecule has 41 heavy (non-hydrogen) atoms. The first kappa shape index (κ1) is 30.8. The number of phenolic OH excluding ortho intramolecular Hbond substituents is 1. The van der Waals surface area contributed by atoms with E-state index in [0.29, 0.717) is 23.1 Å². The molecule has 0 bridgehead atoms.